The standard InChI is InChI=1S/C14H16ClN3O/c1-8-11-7-9(15)4-5-12(11)17-14-10(13(16)19)3-2-6-18(8)14/h4-5,7,10,14,17H,1-3,6H2,(H2,16,19)/t10-,14-/m0/s1. The average Bonchev–Trinajstić information content (AvgIpc) is 2.39. The van der Waals surface area contributed by atoms with E-state index in [2.05, 4.69) is 16.8 Å². The van der Waals surface area contributed by atoms with Crippen LogP contribution in [0.5, 0.6) is 0 Å². The first kappa shape index (κ1) is 12.4. The van der Waals surface area contributed by atoms with E-state index in [0.29, 0.717) is 5.02 Å². The number of nitrogens with one attached hydrogen (secondary N) is 1. The molecule has 19 heavy (non-hydrogen) atoms. The van der Waals surface area contributed by atoms with Gasteiger partial charge >= 0.3 is 0 Å². The molecular formula is C14H16ClN3O. The highest BCUT2D eigenvalue weighted by Gasteiger charge is 2.39. The van der Waals surface area contributed by atoms with Crippen LogP contribution >= 0.6 is 11.6 Å². The Kier molecular flexibility index (Phi) is 2.90. The van der Waals surface area contributed by atoms with Crippen molar-refractivity contribution in [2.45, 2.75) is 19.0 Å². The summed E-state index contributed by atoms with van der Waals surface area (Å²) in [7, 11) is 0. The Morgan fingerprint density at radius 3 is 3.05 bits per heavy atom. The van der Waals surface area contributed by atoms with E-state index in [9.17, 15) is 4.79 Å². The van der Waals surface area contributed by atoms with E-state index in [0.717, 1.165) is 36.3 Å². The van der Waals surface area contributed by atoms with Gasteiger partial charge in [-0.05, 0) is 31.0 Å². The molecule has 1 aromatic rings. The molecule has 3 N–H and O–H groups in total. The highest BCUT2D eigenvalue weighted by Crippen LogP contribution is 2.39. The Morgan fingerprint density at radius 2 is 2.32 bits per heavy atom. The van der Waals surface area contributed by atoms with E-state index in [1.54, 1.807) is 0 Å². The number of hydrogen-bond donors (Lipinski definition) is 2. The van der Waals surface area contributed by atoms with Crippen LogP contribution in [0.4, 0.5) is 5.69 Å². The van der Waals surface area contributed by atoms with Gasteiger partial charge in [-0.1, -0.05) is 18.2 Å². The Hall–Kier alpha value is -1.68. The van der Waals surface area contributed by atoms with E-state index >= 15 is 0 Å². The zero-order valence-electron chi connectivity index (χ0n) is 10.5. The van der Waals surface area contributed by atoms with Crippen LogP contribution in [0.15, 0.2) is 24.8 Å². The number of fused-ring (bicyclic) bond motifs is 2. The second kappa shape index (κ2) is 4.46. The van der Waals surface area contributed by atoms with Gasteiger partial charge in [0.15, 0.2) is 0 Å². The predicted molar refractivity (Wildman–Crippen MR) is 76.5 cm³/mol. The fourth-order valence-electron chi connectivity index (χ4n) is 2.97. The minimum absolute atomic E-state index is 0.0903. The van der Waals surface area contributed by atoms with Crippen molar-refractivity contribution in [3.63, 3.8) is 0 Å². The number of amides is 1. The van der Waals surface area contributed by atoms with Crippen molar-refractivity contribution in [2.24, 2.45) is 11.7 Å². The third kappa shape index (κ3) is 1.96. The van der Waals surface area contributed by atoms with E-state index in [1.165, 1.54) is 0 Å². The smallest absolute Gasteiger partial charge is 0.224 e. The lowest BCUT2D eigenvalue weighted by Crippen LogP contribution is -2.54. The van der Waals surface area contributed by atoms with Crippen molar-refractivity contribution in [3.05, 3.63) is 35.4 Å². The van der Waals surface area contributed by atoms with Gasteiger partial charge in [0.25, 0.3) is 0 Å². The molecule has 5 heteroatoms. The second-order valence-corrected chi connectivity index (χ2v) is 5.51. The van der Waals surface area contributed by atoms with Gasteiger partial charge in [0.05, 0.1) is 5.92 Å². The van der Waals surface area contributed by atoms with Gasteiger partial charge in [0.1, 0.15) is 6.17 Å². The summed E-state index contributed by atoms with van der Waals surface area (Å²) in [6.07, 6.45) is 1.67. The summed E-state index contributed by atoms with van der Waals surface area (Å²) < 4.78 is 0. The first-order valence-corrected chi connectivity index (χ1v) is 6.77. The van der Waals surface area contributed by atoms with Gasteiger partial charge in [-0.3, -0.25) is 4.79 Å². The lowest BCUT2D eigenvalue weighted by atomic mass is 9.89. The maximum Gasteiger partial charge on any atom is 0.224 e. The Balaban J connectivity index is 2.02. The molecule has 2 atom stereocenters. The van der Waals surface area contributed by atoms with Crippen molar-refractivity contribution in [2.75, 3.05) is 11.9 Å². The van der Waals surface area contributed by atoms with Crippen LogP contribution in [0, 0.1) is 5.92 Å². The average molecular weight is 278 g/mol. The van der Waals surface area contributed by atoms with Crippen LogP contribution in [-0.2, 0) is 4.79 Å². The van der Waals surface area contributed by atoms with Crippen molar-refractivity contribution < 1.29 is 4.79 Å². The van der Waals surface area contributed by atoms with Crippen molar-refractivity contribution in [1.29, 1.82) is 0 Å². The van der Waals surface area contributed by atoms with Crippen LogP contribution in [0.3, 0.4) is 0 Å². The molecular weight excluding hydrogens is 262 g/mol. The SMILES string of the molecule is C=C1c2cc(Cl)ccc2N[C@@H]2[C@H](C(N)=O)CCCN12. The van der Waals surface area contributed by atoms with Crippen molar-refractivity contribution in [3.8, 4) is 0 Å². The summed E-state index contributed by atoms with van der Waals surface area (Å²) in [5.74, 6) is -0.443. The summed E-state index contributed by atoms with van der Waals surface area (Å²) in [6.45, 7) is 5.03. The van der Waals surface area contributed by atoms with Gasteiger partial charge in [-0.2, -0.15) is 0 Å². The minimum atomic E-state index is -0.257. The lowest BCUT2D eigenvalue weighted by molar-refractivity contribution is -0.124. The number of carbonyl (C=O) groups is 1. The minimum Gasteiger partial charge on any atom is -0.369 e. The summed E-state index contributed by atoms with van der Waals surface area (Å²) in [6, 6.07) is 5.65. The third-order valence-electron chi connectivity index (χ3n) is 3.94. The van der Waals surface area contributed by atoms with Crippen molar-refractivity contribution >= 4 is 28.9 Å². The van der Waals surface area contributed by atoms with E-state index in [1.807, 2.05) is 18.2 Å². The fourth-order valence-corrected chi connectivity index (χ4v) is 3.14. The molecule has 0 saturated carbocycles. The largest absolute Gasteiger partial charge is 0.369 e. The fraction of sp³-hybridized carbons (Fsp3) is 0.357. The number of rotatable bonds is 1. The van der Waals surface area contributed by atoms with Gasteiger partial charge in [-0.15, -0.1) is 0 Å². The molecule has 4 nitrogen and oxygen atoms in total. The quantitative estimate of drug-likeness (QED) is 0.828. The monoisotopic (exact) mass is 277 g/mol. The van der Waals surface area contributed by atoms with Gasteiger partial charge < -0.3 is 16.0 Å². The number of primary amides is 1. The number of nitrogens with two attached hydrogens (primary N) is 1. The number of carbonyl (C=O) groups excluding carboxylic acids is 1. The first-order valence-electron chi connectivity index (χ1n) is 6.39. The highest BCUT2D eigenvalue weighted by atomic mass is 35.5. The summed E-state index contributed by atoms with van der Waals surface area (Å²) in [4.78, 5) is 13.7. The Labute approximate surface area is 117 Å². The first-order chi connectivity index (χ1) is 9.08. The van der Waals surface area contributed by atoms with Crippen LogP contribution < -0.4 is 11.1 Å². The molecule has 2 aliphatic rings. The summed E-state index contributed by atoms with van der Waals surface area (Å²) in [5.41, 5.74) is 8.37. The number of piperidine rings is 1. The molecule has 0 spiro atoms. The summed E-state index contributed by atoms with van der Waals surface area (Å²) in [5, 5.41) is 4.08. The third-order valence-corrected chi connectivity index (χ3v) is 4.17. The highest BCUT2D eigenvalue weighted by molar-refractivity contribution is 6.30. The zero-order chi connectivity index (χ0) is 13.6. The Morgan fingerprint density at radius 1 is 1.53 bits per heavy atom. The molecule has 2 heterocycles. The number of anilines is 1. The van der Waals surface area contributed by atoms with Gasteiger partial charge in [-0.25, -0.2) is 0 Å². The van der Waals surface area contributed by atoms with Gasteiger partial charge in [0.2, 0.25) is 5.91 Å². The van der Waals surface area contributed by atoms with Crippen molar-refractivity contribution in [1.82, 2.24) is 4.90 Å². The zero-order valence-corrected chi connectivity index (χ0v) is 11.3. The van der Waals surface area contributed by atoms with Gasteiger partial charge in [0, 0.05) is 28.5 Å². The molecule has 1 amide bonds. The summed E-state index contributed by atoms with van der Waals surface area (Å²) >= 11 is 6.03. The molecule has 0 bridgehead atoms. The van der Waals surface area contributed by atoms with E-state index in [-0.39, 0.29) is 18.0 Å². The van der Waals surface area contributed by atoms with Crippen LogP contribution in [0.1, 0.15) is 18.4 Å². The lowest BCUT2D eigenvalue weighted by Gasteiger charge is -2.46. The van der Waals surface area contributed by atoms with Crippen LogP contribution in [-0.4, -0.2) is 23.5 Å². The molecule has 1 saturated heterocycles. The molecule has 100 valence electrons. The molecule has 1 aromatic carbocycles. The molecule has 0 radical (unpaired) electrons. The molecule has 1 fully saturated rings. The molecule has 0 unspecified atom stereocenters. The number of hydrogen-bond acceptors (Lipinski definition) is 3. The number of benzene rings is 1. The molecule has 0 aromatic heterocycles. The maximum absolute atomic E-state index is 11.6. The molecule has 3 rings (SSSR count). The maximum atomic E-state index is 11.6. The number of nitrogens with zero attached hydrogens (tertiary/aromatic N) is 1. The van der Waals surface area contributed by atoms with E-state index in [4.69, 9.17) is 17.3 Å². The second-order valence-electron chi connectivity index (χ2n) is 5.07. The molecule has 0 aliphatic carbocycles. The van der Waals surface area contributed by atoms with E-state index < -0.39 is 0 Å². The normalized spacial score (nSPS) is 25.3. The Bertz CT molecular complexity index is 558. The predicted octanol–water partition coefficient (Wildman–Crippen LogP) is 2.26. The topological polar surface area (TPSA) is 58.4 Å². The molecule has 2 aliphatic heterocycles. The number of halogens is 1. The van der Waals surface area contributed by atoms with Crippen LogP contribution in [0.25, 0.3) is 5.70 Å². The van der Waals surface area contributed by atoms with Crippen LogP contribution in [0.2, 0.25) is 5.02 Å².